The maximum atomic E-state index is 11.5. The van der Waals surface area contributed by atoms with E-state index in [1.165, 1.54) is 0 Å². The van der Waals surface area contributed by atoms with Gasteiger partial charge >= 0.3 is 0 Å². The molecule has 2 aliphatic heterocycles. The van der Waals surface area contributed by atoms with Gasteiger partial charge in [-0.15, -0.1) is 0 Å². The lowest BCUT2D eigenvalue weighted by atomic mass is 10.1. The van der Waals surface area contributed by atoms with Crippen molar-refractivity contribution in [3.8, 4) is 0 Å². The van der Waals surface area contributed by atoms with E-state index in [1.807, 2.05) is 20.9 Å². The van der Waals surface area contributed by atoms with Gasteiger partial charge < -0.3 is 15.0 Å². The lowest BCUT2D eigenvalue weighted by Gasteiger charge is -2.29. The van der Waals surface area contributed by atoms with Crippen molar-refractivity contribution >= 4 is 11.7 Å². The Labute approximate surface area is 89.5 Å². The molecule has 0 aromatic heterocycles. The summed E-state index contributed by atoms with van der Waals surface area (Å²) in [6.45, 7) is 6.02. The quantitative estimate of drug-likeness (QED) is 0.643. The SMILES string of the molecule is CN1CCOC(C2=NC(C)(C)C(=O)N2)C1. The number of hydrogen-bond acceptors (Lipinski definition) is 4. The van der Waals surface area contributed by atoms with Crippen molar-refractivity contribution in [2.75, 3.05) is 26.7 Å². The van der Waals surface area contributed by atoms with Gasteiger partial charge in [-0.25, -0.2) is 0 Å². The number of carbonyl (C=O) groups is 1. The maximum Gasteiger partial charge on any atom is 0.252 e. The highest BCUT2D eigenvalue weighted by Gasteiger charge is 2.38. The number of morpholine rings is 1. The third-order valence-electron chi connectivity index (χ3n) is 2.77. The first-order valence-electron chi connectivity index (χ1n) is 5.20. The Hall–Kier alpha value is -0.940. The molecule has 2 rings (SSSR count). The number of amidine groups is 1. The highest BCUT2D eigenvalue weighted by Crippen LogP contribution is 2.17. The van der Waals surface area contributed by atoms with Crippen molar-refractivity contribution in [3.63, 3.8) is 0 Å². The molecule has 84 valence electrons. The molecule has 0 aromatic rings. The molecular formula is C10H17N3O2. The predicted molar refractivity (Wildman–Crippen MR) is 56.9 cm³/mol. The highest BCUT2D eigenvalue weighted by atomic mass is 16.5. The minimum atomic E-state index is -0.644. The van der Waals surface area contributed by atoms with E-state index in [9.17, 15) is 4.79 Å². The van der Waals surface area contributed by atoms with E-state index in [2.05, 4.69) is 15.2 Å². The van der Waals surface area contributed by atoms with Crippen LogP contribution in [0.25, 0.3) is 0 Å². The lowest BCUT2D eigenvalue weighted by molar-refractivity contribution is -0.122. The Balaban J connectivity index is 2.09. The van der Waals surface area contributed by atoms with Gasteiger partial charge in [0.25, 0.3) is 5.91 Å². The molecule has 1 atom stereocenters. The van der Waals surface area contributed by atoms with E-state index in [1.54, 1.807) is 0 Å². The molecule has 15 heavy (non-hydrogen) atoms. The number of rotatable bonds is 1. The molecule has 0 saturated carbocycles. The average Bonchev–Trinajstić information content (AvgIpc) is 2.42. The van der Waals surface area contributed by atoms with Crippen LogP contribution in [0.15, 0.2) is 4.99 Å². The largest absolute Gasteiger partial charge is 0.368 e. The number of carbonyl (C=O) groups excluding carboxylic acids is 1. The Kier molecular flexibility index (Phi) is 2.52. The first-order chi connectivity index (χ1) is 6.99. The van der Waals surface area contributed by atoms with Crippen molar-refractivity contribution in [1.29, 1.82) is 0 Å². The van der Waals surface area contributed by atoms with Gasteiger partial charge in [0.1, 0.15) is 17.5 Å². The maximum absolute atomic E-state index is 11.5. The molecule has 1 unspecified atom stereocenters. The minimum Gasteiger partial charge on any atom is -0.368 e. The summed E-state index contributed by atoms with van der Waals surface area (Å²) in [5, 5.41) is 2.79. The molecule has 1 N–H and O–H groups in total. The predicted octanol–water partition coefficient (Wildman–Crippen LogP) is -0.376. The van der Waals surface area contributed by atoms with Crippen LogP contribution in [0.1, 0.15) is 13.8 Å². The molecule has 1 saturated heterocycles. The van der Waals surface area contributed by atoms with Gasteiger partial charge in [-0.05, 0) is 20.9 Å². The number of likely N-dealkylation sites (N-methyl/N-ethyl adjacent to an activating group) is 1. The van der Waals surface area contributed by atoms with Crippen molar-refractivity contribution in [2.24, 2.45) is 4.99 Å². The molecule has 0 radical (unpaired) electrons. The number of hydrogen-bond donors (Lipinski definition) is 1. The smallest absolute Gasteiger partial charge is 0.252 e. The fourth-order valence-corrected chi connectivity index (χ4v) is 1.74. The molecule has 0 aromatic carbocycles. The first-order valence-corrected chi connectivity index (χ1v) is 5.20. The van der Waals surface area contributed by atoms with E-state index in [4.69, 9.17) is 4.74 Å². The summed E-state index contributed by atoms with van der Waals surface area (Å²) in [4.78, 5) is 18.1. The Morgan fingerprint density at radius 2 is 2.33 bits per heavy atom. The summed E-state index contributed by atoms with van der Waals surface area (Å²) in [7, 11) is 2.04. The Morgan fingerprint density at radius 3 is 2.87 bits per heavy atom. The second kappa shape index (κ2) is 3.57. The number of nitrogens with zero attached hydrogens (tertiary/aromatic N) is 2. The van der Waals surface area contributed by atoms with E-state index < -0.39 is 5.54 Å². The molecular weight excluding hydrogens is 194 g/mol. The van der Waals surface area contributed by atoms with Gasteiger partial charge in [0, 0.05) is 13.1 Å². The number of nitrogens with one attached hydrogen (secondary N) is 1. The van der Waals surface area contributed by atoms with Crippen LogP contribution in [0.4, 0.5) is 0 Å². The molecule has 0 aliphatic carbocycles. The second-order valence-corrected chi connectivity index (χ2v) is 4.63. The van der Waals surface area contributed by atoms with Gasteiger partial charge in [-0.3, -0.25) is 9.79 Å². The Morgan fingerprint density at radius 1 is 1.60 bits per heavy atom. The monoisotopic (exact) mass is 211 g/mol. The summed E-state index contributed by atoms with van der Waals surface area (Å²) in [6, 6.07) is 0. The third kappa shape index (κ3) is 2.03. The van der Waals surface area contributed by atoms with Gasteiger partial charge in [0.05, 0.1) is 6.61 Å². The van der Waals surface area contributed by atoms with Crippen LogP contribution in [-0.4, -0.2) is 55.0 Å². The Bertz CT molecular complexity index is 312. The van der Waals surface area contributed by atoms with Crippen LogP contribution in [0.2, 0.25) is 0 Å². The normalized spacial score (nSPS) is 31.3. The number of ether oxygens (including phenoxy) is 1. The number of aliphatic imine (C=N–C) groups is 1. The van der Waals surface area contributed by atoms with Gasteiger partial charge in [-0.1, -0.05) is 0 Å². The molecule has 0 spiro atoms. The van der Waals surface area contributed by atoms with E-state index >= 15 is 0 Å². The summed E-state index contributed by atoms with van der Waals surface area (Å²) in [6.07, 6.45) is -0.0884. The molecule has 2 heterocycles. The van der Waals surface area contributed by atoms with E-state index in [0.717, 1.165) is 13.1 Å². The van der Waals surface area contributed by atoms with Crippen molar-refractivity contribution in [1.82, 2.24) is 10.2 Å². The number of amides is 1. The highest BCUT2D eigenvalue weighted by molar-refractivity contribution is 6.09. The first kappa shape index (κ1) is 10.6. The zero-order valence-corrected chi connectivity index (χ0v) is 9.41. The fraction of sp³-hybridized carbons (Fsp3) is 0.800. The summed E-state index contributed by atoms with van der Waals surface area (Å²) in [5.41, 5.74) is -0.644. The van der Waals surface area contributed by atoms with Crippen LogP contribution in [0.5, 0.6) is 0 Å². The fourth-order valence-electron chi connectivity index (χ4n) is 1.74. The van der Waals surface area contributed by atoms with E-state index in [0.29, 0.717) is 12.4 Å². The van der Waals surface area contributed by atoms with Gasteiger partial charge in [-0.2, -0.15) is 0 Å². The second-order valence-electron chi connectivity index (χ2n) is 4.63. The van der Waals surface area contributed by atoms with E-state index in [-0.39, 0.29) is 12.0 Å². The molecule has 5 heteroatoms. The van der Waals surface area contributed by atoms with Crippen LogP contribution in [0.3, 0.4) is 0 Å². The topological polar surface area (TPSA) is 53.9 Å². The van der Waals surface area contributed by atoms with Gasteiger partial charge in [0.15, 0.2) is 0 Å². The lowest BCUT2D eigenvalue weighted by Crippen LogP contribution is -2.48. The molecule has 2 aliphatic rings. The van der Waals surface area contributed by atoms with Crippen molar-refractivity contribution < 1.29 is 9.53 Å². The molecule has 5 nitrogen and oxygen atoms in total. The summed E-state index contributed by atoms with van der Waals surface area (Å²) in [5.74, 6) is 0.630. The van der Waals surface area contributed by atoms with Crippen molar-refractivity contribution in [3.05, 3.63) is 0 Å². The van der Waals surface area contributed by atoms with Crippen LogP contribution in [-0.2, 0) is 9.53 Å². The average molecular weight is 211 g/mol. The van der Waals surface area contributed by atoms with Crippen LogP contribution >= 0.6 is 0 Å². The zero-order chi connectivity index (χ0) is 11.1. The summed E-state index contributed by atoms with van der Waals surface area (Å²) >= 11 is 0. The zero-order valence-electron chi connectivity index (χ0n) is 9.41. The van der Waals surface area contributed by atoms with Crippen LogP contribution in [0, 0.1) is 0 Å². The minimum absolute atomic E-state index is 0.0469. The van der Waals surface area contributed by atoms with Crippen molar-refractivity contribution in [2.45, 2.75) is 25.5 Å². The summed E-state index contributed by atoms with van der Waals surface area (Å²) < 4.78 is 5.59. The standard InChI is InChI=1S/C10H17N3O2/c1-10(2)9(14)11-8(12-10)7-6-13(3)4-5-15-7/h7H,4-6H2,1-3H3,(H,11,12,14). The molecule has 1 amide bonds. The van der Waals surface area contributed by atoms with Crippen LogP contribution < -0.4 is 5.32 Å². The van der Waals surface area contributed by atoms with Gasteiger partial charge in [0.2, 0.25) is 0 Å². The molecule has 0 bridgehead atoms. The molecule has 1 fully saturated rings. The third-order valence-corrected chi connectivity index (χ3v) is 2.77.